The molecule has 2 N–H and O–H groups in total. The molecule has 0 aliphatic heterocycles. The van der Waals surface area contributed by atoms with E-state index in [1.807, 2.05) is 35.7 Å². The van der Waals surface area contributed by atoms with Gasteiger partial charge in [-0.05, 0) is 19.1 Å². The van der Waals surface area contributed by atoms with Crippen molar-refractivity contribution in [2.24, 2.45) is 4.99 Å². The Morgan fingerprint density at radius 2 is 2.04 bits per heavy atom. The van der Waals surface area contributed by atoms with E-state index in [1.54, 1.807) is 18.4 Å². The van der Waals surface area contributed by atoms with E-state index in [2.05, 4.69) is 36.2 Å². The fourth-order valence-electron chi connectivity index (χ4n) is 2.41. The Bertz CT molecular complexity index is 821. The number of nitrogens with zero attached hydrogens (tertiary/aromatic N) is 5. The fourth-order valence-corrected chi connectivity index (χ4v) is 3.05. The number of nitrogens with one attached hydrogen (secondary N) is 2. The third-order valence-corrected chi connectivity index (χ3v) is 4.41. The number of thiazole rings is 1. The molecular weight excluding hydrogens is 322 g/mol. The largest absolute Gasteiger partial charge is 0.356 e. The minimum atomic E-state index is 0.741. The van der Waals surface area contributed by atoms with Crippen molar-refractivity contribution in [1.29, 1.82) is 0 Å². The van der Waals surface area contributed by atoms with Crippen molar-refractivity contribution in [2.45, 2.75) is 19.8 Å². The van der Waals surface area contributed by atoms with Crippen molar-refractivity contribution >= 4 is 22.9 Å². The van der Waals surface area contributed by atoms with Crippen molar-refractivity contribution < 1.29 is 0 Å². The summed E-state index contributed by atoms with van der Waals surface area (Å²) in [4.78, 5) is 8.70. The van der Waals surface area contributed by atoms with E-state index in [9.17, 15) is 0 Å². The van der Waals surface area contributed by atoms with Crippen molar-refractivity contribution in [3.8, 4) is 0 Å². The van der Waals surface area contributed by atoms with Crippen molar-refractivity contribution in [1.82, 2.24) is 30.2 Å². The lowest BCUT2D eigenvalue weighted by molar-refractivity contribution is 0.753. The highest BCUT2D eigenvalue weighted by Gasteiger charge is 2.05. The molecule has 0 aliphatic carbocycles. The Hall–Kier alpha value is -2.48. The highest BCUT2D eigenvalue weighted by Crippen LogP contribution is 2.07. The number of guanidine groups is 1. The van der Waals surface area contributed by atoms with Crippen LogP contribution in [-0.2, 0) is 12.8 Å². The van der Waals surface area contributed by atoms with Crippen LogP contribution < -0.4 is 10.6 Å². The first kappa shape index (κ1) is 16.4. The van der Waals surface area contributed by atoms with Crippen molar-refractivity contribution in [3.63, 3.8) is 0 Å². The lowest BCUT2D eigenvalue weighted by Crippen LogP contribution is -2.39. The second-order valence-electron chi connectivity index (χ2n) is 5.33. The molecule has 3 rings (SSSR count). The van der Waals surface area contributed by atoms with Crippen LogP contribution in [0.2, 0.25) is 0 Å². The topological polar surface area (TPSA) is 79.5 Å². The van der Waals surface area contributed by atoms with Crippen molar-refractivity contribution in [2.75, 3.05) is 20.1 Å². The first-order valence-corrected chi connectivity index (χ1v) is 8.78. The van der Waals surface area contributed by atoms with E-state index in [0.717, 1.165) is 54.1 Å². The van der Waals surface area contributed by atoms with E-state index >= 15 is 0 Å². The Kier molecular flexibility index (Phi) is 5.37. The predicted molar refractivity (Wildman–Crippen MR) is 96.6 cm³/mol. The van der Waals surface area contributed by atoms with E-state index < -0.39 is 0 Å². The number of hydrogen-bond donors (Lipinski definition) is 2. The van der Waals surface area contributed by atoms with Gasteiger partial charge in [0.25, 0.3) is 0 Å². The molecule has 0 saturated carbocycles. The molecule has 0 fully saturated rings. The zero-order chi connectivity index (χ0) is 16.8. The molecule has 0 saturated heterocycles. The van der Waals surface area contributed by atoms with Crippen LogP contribution in [0.15, 0.2) is 34.8 Å². The number of hydrogen-bond acceptors (Lipinski definition) is 5. The normalized spacial score (nSPS) is 11.8. The lowest BCUT2D eigenvalue weighted by atomic mass is 10.3. The van der Waals surface area contributed by atoms with Gasteiger partial charge < -0.3 is 10.6 Å². The van der Waals surface area contributed by atoms with E-state index in [0.29, 0.717) is 0 Å². The SMILES string of the molecule is CN=C(NCCc1csc(C)n1)NCCc1nnc2ccccn12. The zero-order valence-electron chi connectivity index (χ0n) is 13.9. The van der Waals surface area contributed by atoms with Crippen LogP contribution in [0.3, 0.4) is 0 Å². The Morgan fingerprint density at radius 3 is 2.79 bits per heavy atom. The van der Waals surface area contributed by atoms with Crippen LogP contribution in [0.1, 0.15) is 16.5 Å². The summed E-state index contributed by atoms with van der Waals surface area (Å²) in [6.07, 6.45) is 3.64. The standard InChI is InChI=1S/C16H21N7S/c1-12-20-13(11-24-12)6-8-18-16(17-2)19-9-7-15-22-21-14-5-3-4-10-23(14)15/h3-5,10-11H,6-9H2,1-2H3,(H2,17,18,19). The molecule has 126 valence electrons. The number of aryl methyl sites for hydroxylation is 1. The van der Waals surface area contributed by atoms with Gasteiger partial charge in [-0.15, -0.1) is 21.5 Å². The molecule has 0 amide bonds. The number of aromatic nitrogens is 4. The first-order valence-electron chi connectivity index (χ1n) is 7.90. The molecule has 3 heterocycles. The summed E-state index contributed by atoms with van der Waals surface area (Å²) in [6.45, 7) is 3.57. The molecule has 0 unspecified atom stereocenters. The van der Waals surface area contributed by atoms with Crippen LogP contribution in [0.4, 0.5) is 0 Å². The highest BCUT2D eigenvalue weighted by atomic mass is 32.1. The minimum Gasteiger partial charge on any atom is -0.356 e. The van der Waals surface area contributed by atoms with Gasteiger partial charge in [-0.3, -0.25) is 9.39 Å². The molecule has 24 heavy (non-hydrogen) atoms. The summed E-state index contributed by atoms with van der Waals surface area (Å²) in [7, 11) is 1.77. The zero-order valence-corrected chi connectivity index (χ0v) is 14.7. The maximum Gasteiger partial charge on any atom is 0.191 e. The maximum absolute atomic E-state index is 4.46. The molecule has 0 spiro atoms. The van der Waals surface area contributed by atoms with Crippen LogP contribution >= 0.6 is 11.3 Å². The summed E-state index contributed by atoms with van der Waals surface area (Å²) < 4.78 is 2.00. The van der Waals surface area contributed by atoms with Gasteiger partial charge in [-0.25, -0.2) is 4.98 Å². The molecule has 0 radical (unpaired) electrons. The smallest absolute Gasteiger partial charge is 0.191 e. The lowest BCUT2D eigenvalue weighted by Gasteiger charge is -2.10. The van der Waals surface area contributed by atoms with Gasteiger partial charge >= 0.3 is 0 Å². The molecule has 8 heteroatoms. The second kappa shape index (κ2) is 7.87. The van der Waals surface area contributed by atoms with Gasteiger partial charge in [-0.2, -0.15) is 0 Å². The van der Waals surface area contributed by atoms with E-state index in [4.69, 9.17) is 0 Å². The van der Waals surface area contributed by atoms with Crippen LogP contribution in [0.25, 0.3) is 5.65 Å². The minimum absolute atomic E-state index is 0.741. The summed E-state index contributed by atoms with van der Waals surface area (Å²) in [5.74, 6) is 1.72. The summed E-state index contributed by atoms with van der Waals surface area (Å²) in [6, 6.07) is 5.89. The summed E-state index contributed by atoms with van der Waals surface area (Å²) in [5, 5.41) is 18.2. The van der Waals surface area contributed by atoms with Gasteiger partial charge in [0.2, 0.25) is 0 Å². The van der Waals surface area contributed by atoms with Crippen LogP contribution in [0.5, 0.6) is 0 Å². The van der Waals surface area contributed by atoms with Gasteiger partial charge in [0.05, 0.1) is 10.7 Å². The van der Waals surface area contributed by atoms with Gasteiger partial charge in [-0.1, -0.05) is 6.07 Å². The number of fused-ring (bicyclic) bond motifs is 1. The molecule has 0 aliphatic rings. The van der Waals surface area contributed by atoms with E-state index in [-0.39, 0.29) is 0 Å². The predicted octanol–water partition coefficient (Wildman–Crippen LogP) is 1.44. The van der Waals surface area contributed by atoms with E-state index in [1.165, 1.54) is 0 Å². The average Bonchev–Trinajstić information content (AvgIpc) is 3.20. The monoisotopic (exact) mass is 343 g/mol. The fraction of sp³-hybridized carbons (Fsp3) is 0.375. The molecule has 3 aromatic rings. The van der Waals surface area contributed by atoms with Gasteiger partial charge in [0.1, 0.15) is 5.82 Å². The number of pyridine rings is 1. The summed E-state index contributed by atoms with van der Waals surface area (Å²) >= 11 is 1.68. The highest BCUT2D eigenvalue weighted by molar-refractivity contribution is 7.09. The third kappa shape index (κ3) is 4.08. The molecule has 0 aromatic carbocycles. The molecule has 3 aromatic heterocycles. The Morgan fingerprint density at radius 1 is 1.21 bits per heavy atom. The van der Waals surface area contributed by atoms with Gasteiger partial charge in [0.15, 0.2) is 11.6 Å². The quantitative estimate of drug-likeness (QED) is 0.523. The second-order valence-corrected chi connectivity index (χ2v) is 6.39. The number of aliphatic imine (C=N–C) groups is 1. The summed E-state index contributed by atoms with van der Waals surface area (Å²) in [5.41, 5.74) is 1.99. The average molecular weight is 343 g/mol. The third-order valence-electron chi connectivity index (χ3n) is 3.59. The molecule has 0 bridgehead atoms. The molecule has 7 nitrogen and oxygen atoms in total. The maximum atomic E-state index is 4.46. The Balaban J connectivity index is 1.44. The molecule has 0 atom stereocenters. The van der Waals surface area contributed by atoms with Crippen LogP contribution in [0, 0.1) is 6.92 Å². The van der Waals surface area contributed by atoms with Gasteiger partial charge in [0, 0.05) is 44.6 Å². The molecular formula is C16H21N7S. The first-order chi connectivity index (χ1) is 11.8. The number of rotatable bonds is 6. The van der Waals surface area contributed by atoms with Crippen molar-refractivity contribution in [3.05, 3.63) is 46.3 Å². The van der Waals surface area contributed by atoms with Crippen LogP contribution in [-0.4, -0.2) is 45.7 Å². The Labute approximate surface area is 144 Å².